The highest BCUT2D eigenvalue weighted by Gasteiger charge is 2.30. The van der Waals surface area contributed by atoms with Gasteiger partial charge in [0.2, 0.25) is 5.91 Å². The van der Waals surface area contributed by atoms with Crippen molar-refractivity contribution in [2.75, 3.05) is 0 Å². The fraction of sp³-hybridized carbons (Fsp3) is 0.167. The number of nitrogens with zero attached hydrogens (tertiary/aromatic N) is 3. The molecular weight excluding hydrogens is 352 g/mol. The zero-order chi connectivity index (χ0) is 18.5. The lowest BCUT2D eigenvalue weighted by Gasteiger charge is -2.04. The summed E-state index contributed by atoms with van der Waals surface area (Å²) in [5.41, 5.74) is 2.79. The minimum Gasteiger partial charge on any atom is -0.303 e. The lowest BCUT2D eigenvalue weighted by molar-refractivity contribution is -0.384. The Morgan fingerprint density at radius 2 is 2.08 bits per heavy atom. The maximum Gasteiger partial charge on any atom is 0.269 e. The number of nitrogens with one attached hydrogen (secondary N) is 1. The molecule has 8 heteroatoms. The van der Waals surface area contributed by atoms with Crippen molar-refractivity contribution in [1.82, 2.24) is 5.32 Å². The van der Waals surface area contributed by atoms with E-state index in [1.54, 1.807) is 18.3 Å². The highest BCUT2D eigenvalue weighted by molar-refractivity contribution is 8.15. The minimum absolute atomic E-state index is 0.0163. The standard InChI is InChI=1S/C18H16N4O3S/c1-12-5-2-3-7-14(12)11-19-21-18-20-17(23)16(26-18)10-13-6-4-8-15(9-13)22(24)25/h2-9,11,16H,10H2,1H3,(H,20,21,23). The van der Waals surface area contributed by atoms with E-state index in [4.69, 9.17) is 0 Å². The van der Waals surface area contributed by atoms with Crippen LogP contribution >= 0.6 is 11.8 Å². The van der Waals surface area contributed by atoms with Crippen molar-refractivity contribution >= 4 is 34.7 Å². The molecule has 7 nitrogen and oxygen atoms in total. The Kier molecular flexibility index (Phi) is 5.43. The molecule has 1 saturated heterocycles. The zero-order valence-electron chi connectivity index (χ0n) is 14.0. The van der Waals surface area contributed by atoms with Gasteiger partial charge in [-0.2, -0.15) is 5.10 Å². The molecule has 0 aromatic heterocycles. The molecule has 1 unspecified atom stereocenters. The van der Waals surface area contributed by atoms with Gasteiger partial charge in [-0.15, -0.1) is 5.10 Å². The third kappa shape index (κ3) is 4.34. The van der Waals surface area contributed by atoms with E-state index in [1.165, 1.54) is 23.9 Å². The number of aryl methyl sites for hydroxylation is 1. The Morgan fingerprint density at radius 1 is 1.27 bits per heavy atom. The number of nitro benzene ring substituents is 1. The molecule has 26 heavy (non-hydrogen) atoms. The number of carbonyl (C=O) groups is 1. The molecule has 1 N–H and O–H groups in total. The molecule has 1 atom stereocenters. The first-order chi connectivity index (χ1) is 12.5. The molecule has 0 aliphatic carbocycles. The van der Waals surface area contributed by atoms with Gasteiger partial charge in [-0.3, -0.25) is 14.9 Å². The van der Waals surface area contributed by atoms with Crippen LogP contribution in [0.1, 0.15) is 16.7 Å². The van der Waals surface area contributed by atoms with Gasteiger partial charge in [-0.1, -0.05) is 48.2 Å². The first-order valence-electron chi connectivity index (χ1n) is 7.90. The highest BCUT2D eigenvalue weighted by atomic mass is 32.2. The van der Waals surface area contributed by atoms with Crippen LogP contribution in [-0.4, -0.2) is 27.5 Å². The van der Waals surface area contributed by atoms with Crippen LogP contribution in [0.3, 0.4) is 0 Å². The van der Waals surface area contributed by atoms with Gasteiger partial charge in [0, 0.05) is 12.1 Å². The van der Waals surface area contributed by atoms with Crippen LogP contribution in [0.4, 0.5) is 5.69 Å². The Bertz CT molecular complexity index is 911. The van der Waals surface area contributed by atoms with Crippen LogP contribution in [0.25, 0.3) is 0 Å². The quantitative estimate of drug-likeness (QED) is 0.498. The molecule has 0 spiro atoms. The first kappa shape index (κ1) is 17.8. The smallest absolute Gasteiger partial charge is 0.269 e. The average Bonchev–Trinajstić information content (AvgIpc) is 2.96. The molecule has 0 saturated carbocycles. The topological polar surface area (TPSA) is 97.0 Å². The van der Waals surface area contributed by atoms with Gasteiger partial charge in [-0.05, 0) is 30.0 Å². The maximum absolute atomic E-state index is 12.1. The monoisotopic (exact) mass is 368 g/mol. The van der Waals surface area contributed by atoms with E-state index >= 15 is 0 Å². The second-order valence-corrected chi connectivity index (χ2v) is 6.92. The van der Waals surface area contributed by atoms with E-state index in [-0.39, 0.29) is 16.8 Å². The second-order valence-electron chi connectivity index (χ2n) is 5.73. The number of rotatable bonds is 5. The van der Waals surface area contributed by atoms with Crippen LogP contribution in [0, 0.1) is 17.0 Å². The zero-order valence-corrected chi connectivity index (χ0v) is 14.8. The van der Waals surface area contributed by atoms with Crippen LogP contribution in [0.15, 0.2) is 58.7 Å². The van der Waals surface area contributed by atoms with Crippen LogP contribution in [-0.2, 0) is 11.2 Å². The summed E-state index contributed by atoms with van der Waals surface area (Å²) in [6.07, 6.45) is 2.03. The van der Waals surface area contributed by atoms with Crippen molar-refractivity contribution in [3.8, 4) is 0 Å². The normalized spacial score (nSPS) is 18.4. The number of hydrogen-bond donors (Lipinski definition) is 1. The van der Waals surface area contributed by atoms with Crippen molar-refractivity contribution in [1.29, 1.82) is 0 Å². The molecule has 3 rings (SSSR count). The summed E-state index contributed by atoms with van der Waals surface area (Å²) in [7, 11) is 0. The van der Waals surface area contributed by atoms with Crippen molar-refractivity contribution < 1.29 is 9.72 Å². The summed E-state index contributed by atoms with van der Waals surface area (Å²) in [4.78, 5) is 22.5. The van der Waals surface area contributed by atoms with E-state index in [1.807, 2.05) is 31.2 Å². The second kappa shape index (κ2) is 7.92. The number of nitro groups is 1. The Labute approximate surface area is 154 Å². The summed E-state index contributed by atoms with van der Waals surface area (Å²) in [5.74, 6) is -0.175. The van der Waals surface area contributed by atoms with Gasteiger partial charge in [0.25, 0.3) is 5.69 Å². The fourth-order valence-electron chi connectivity index (χ4n) is 2.47. The summed E-state index contributed by atoms with van der Waals surface area (Å²) in [5, 5.41) is 21.7. The maximum atomic E-state index is 12.1. The third-order valence-corrected chi connectivity index (χ3v) is 4.93. The molecule has 1 amide bonds. The number of non-ortho nitro benzene ring substituents is 1. The largest absolute Gasteiger partial charge is 0.303 e. The van der Waals surface area contributed by atoms with E-state index in [2.05, 4.69) is 15.5 Å². The Hall–Kier alpha value is -3.00. The highest BCUT2D eigenvalue weighted by Crippen LogP contribution is 2.24. The van der Waals surface area contributed by atoms with Crippen LogP contribution in [0.5, 0.6) is 0 Å². The first-order valence-corrected chi connectivity index (χ1v) is 8.78. The molecule has 2 aromatic carbocycles. The molecule has 132 valence electrons. The van der Waals surface area contributed by atoms with Gasteiger partial charge in [0.15, 0.2) is 5.17 Å². The molecular formula is C18H16N4O3S. The predicted octanol–water partition coefficient (Wildman–Crippen LogP) is 3.07. The van der Waals surface area contributed by atoms with E-state index < -0.39 is 4.92 Å². The average molecular weight is 368 g/mol. The van der Waals surface area contributed by atoms with Crippen molar-refractivity contribution in [3.63, 3.8) is 0 Å². The molecule has 1 heterocycles. The Morgan fingerprint density at radius 3 is 2.85 bits per heavy atom. The van der Waals surface area contributed by atoms with Gasteiger partial charge in [0.05, 0.1) is 16.4 Å². The van der Waals surface area contributed by atoms with Gasteiger partial charge >= 0.3 is 0 Å². The number of thioether (sulfide) groups is 1. The molecule has 2 aromatic rings. The van der Waals surface area contributed by atoms with E-state index in [9.17, 15) is 14.9 Å². The lowest BCUT2D eigenvalue weighted by atomic mass is 10.1. The fourth-order valence-corrected chi connectivity index (χ4v) is 3.44. The molecule has 0 radical (unpaired) electrons. The number of hydrogen-bond acceptors (Lipinski definition) is 6. The molecule has 1 fully saturated rings. The van der Waals surface area contributed by atoms with Crippen molar-refractivity contribution in [3.05, 3.63) is 75.3 Å². The lowest BCUT2D eigenvalue weighted by Crippen LogP contribution is -2.25. The molecule has 0 bridgehead atoms. The van der Waals surface area contributed by atoms with Crippen molar-refractivity contribution in [2.24, 2.45) is 10.2 Å². The number of benzene rings is 2. The van der Waals surface area contributed by atoms with Crippen LogP contribution < -0.4 is 5.32 Å². The SMILES string of the molecule is Cc1ccccc1C=N/N=C1\NC(=O)C(Cc2cccc([N+](=O)[O-])c2)S1. The van der Waals surface area contributed by atoms with Crippen molar-refractivity contribution in [2.45, 2.75) is 18.6 Å². The number of carbonyl (C=O) groups excluding carboxylic acids is 1. The van der Waals surface area contributed by atoms with E-state index in [0.29, 0.717) is 11.6 Å². The third-order valence-electron chi connectivity index (χ3n) is 3.85. The molecule has 1 aliphatic heterocycles. The summed E-state index contributed by atoms with van der Waals surface area (Å²) >= 11 is 1.27. The van der Waals surface area contributed by atoms with Gasteiger partial charge in [-0.25, -0.2) is 0 Å². The number of amidine groups is 1. The summed E-state index contributed by atoms with van der Waals surface area (Å²) in [6, 6.07) is 14.1. The van der Waals surface area contributed by atoms with Gasteiger partial charge in [0.1, 0.15) is 0 Å². The summed E-state index contributed by atoms with van der Waals surface area (Å²) in [6.45, 7) is 1.98. The van der Waals surface area contributed by atoms with E-state index in [0.717, 1.165) is 16.7 Å². The number of amides is 1. The minimum atomic E-state index is -0.446. The summed E-state index contributed by atoms with van der Waals surface area (Å²) < 4.78 is 0. The van der Waals surface area contributed by atoms with Crippen LogP contribution in [0.2, 0.25) is 0 Å². The Balaban J connectivity index is 1.66. The van der Waals surface area contributed by atoms with Gasteiger partial charge < -0.3 is 5.32 Å². The predicted molar refractivity (Wildman–Crippen MR) is 103 cm³/mol. The molecule has 1 aliphatic rings.